The van der Waals surface area contributed by atoms with E-state index in [0.29, 0.717) is 11.7 Å². The molecule has 5 heteroatoms. The Labute approximate surface area is 139 Å². The van der Waals surface area contributed by atoms with Crippen molar-refractivity contribution in [2.75, 3.05) is 6.54 Å². The monoisotopic (exact) mass is 318 g/mol. The molecule has 2 fully saturated rings. The van der Waals surface area contributed by atoms with Crippen molar-refractivity contribution in [3.05, 3.63) is 54.2 Å². The van der Waals surface area contributed by atoms with Crippen LogP contribution in [0.4, 0.5) is 0 Å². The molecule has 2 aromatic carbocycles. The number of aromatic nitrogens is 2. The van der Waals surface area contributed by atoms with Crippen LogP contribution in [0.25, 0.3) is 22.0 Å². The van der Waals surface area contributed by atoms with Gasteiger partial charge in [0.2, 0.25) is 5.78 Å². The Morgan fingerprint density at radius 1 is 1.08 bits per heavy atom. The number of aromatic amines is 1. The number of fused-ring (bicyclic) bond motifs is 3. The van der Waals surface area contributed by atoms with Crippen LogP contribution in [0, 0.1) is 0 Å². The molecule has 3 atom stereocenters. The van der Waals surface area contributed by atoms with Gasteiger partial charge in [-0.3, -0.25) is 9.89 Å². The summed E-state index contributed by atoms with van der Waals surface area (Å²) in [7, 11) is 0. The van der Waals surface area contributed by atoms with Crippen LogP contribution < -0.4 is 10.6 Å². The number of nitrogens with zero attached hydrogens (tertiary/aromatic N) is 1. The first kappa shape index (κ1) is 13.9. The van der Waals surface area contributed by atoms with E-state index in [-0.39, 0.29) is 17.9 Å². The van der Waals surface area contributed by atoms with Crippen molar-refractivity contribution in [1.82, 2.24) is 20.8 Å². The standard InChI is InChI=1S/C19H18N4O/c24-19(18-16-9-13(21-18)10-20-16)17-14-8-12(6-7-15(14)22-23-17)11-4-2-1-3-5-11/h1-8,13,16,18,20-21H,9-10H2,(H,22,23)/t13-,16+,18?/m0/s1. The highest BCUT2D eigenvalue weighted by molar-refractivity contribution is 6.09. The molecule has 1 aromatic heterocycles. The summed E-state index contributed by atoms with van der Waals surface area (Å²) in [4.78, 5) is 13.0. The van der Waals surface area contributed by atoms with Gasteiger partial charge in [0.15, 0.2) is 0 Å². The molecule has 0 spiro atoms. The van der Waals surface area contributed by atoms with Crippen molar-refractivity contribution in [3.8, 4) is 11.1 Å². The highest BCUT2D eigenvalue weighted by Crippen LogP contribution is 2.28. The smallest absolute Gasteiger partial charge is 0.202 e. The Hall–Kier alpha value is -2.50. The summed E-state index contributed by atoms with van der Waals surface area (Å²) in [6.07, 6.45) is 1.02. The minimum absolute atomic E-state index is 0.0751. The first-order valence-corrected chi connectivity index (χ1v) is 8.37. The van der Waals surface area contributed by atoms with E-state index in [4.69, 9.17) is 0 Å². The second kappa shape index (κ2) is 5.26. The normalized spacial score (nSPS) is 25.4. The van der Waals surface area contributed by atoms with Gasteiger partial charge >= 0.3 is 0 Å². The van der Waals surface area contributed by atoms with Crippen molar-refractivity contribution in [2.24, 2.45) is 0 Å². The van der Waals surface area contributed by atoms with Crippen LogP contribution in [0.2, 0.25) is 0 Å². The van der Waals surface area contributed by atoms with Gasteiger partial charge in [0, 0.05) is 24.0 Å². The topological polar surface area (TPSA) is 69.8 Å². The van der Waals surface area contributed by atoms with E-state index in [1.54, 1.807) is 0 Å². The van der Waals surface area contributed by atoms with E-state index in [1.807, 2.05) is 24.3 Å². The molecule has 2 aliphatic heterocycles. The largest absolute Gasteiger partial charge is 0.310 e. The molecule has 24 heavy (non-hydrogen) atoms. The highest BCUT2D eigenvalue weighted by atomic mass is 16.1. The van der Waals surface area contributed by atoms with Gasteiger partial charge in [-0.25, -0.2) is 0 Å². The van der Waals surface area contributed by atoms with Crippen molar-refractivity contribution in [1.29, 1.82) is 0 Å². The van der Waals surface area contributed by atoms with Gasteiger partial charge in [0.1, 0.15) is 5.69 Å². The summed E-state index contributed by atoms with van der Waals surface area (Å²) in [5.41, 5.74) is 3.67. The maximum absolute atomic E-state index is 13.0. The van der Waals surface area contributed by atoms with Crippen LogP contribution in [0.1, 0.15) is 16.9 Å². The van der Waals surface area contributed by atoms with Gasteiger partial charge in [0.25, 0.3) is 0 Å². The number of H-pyrrole nitrogens is 1. The number of nitrogens with one attached hydrogen (secondary N) is 3. The number of carbonyl (C=O) groups is 1. The lowest BCUT2D eigenvalue weighted by molar-refractivity contribution is 0.0927. The second-order valence-electron chi connectivity index (χ2n) is 6.65. The molecular formula is C19H18N4O. The summed E-state index contributed by atoms with van der Waals surface area (Å²) in [6.45, 7) is 0.952. The summed E-state index contributed by atoms with van der Waals surface area (Å²) in [5.74, 6) is 0.0751. The molecule has 2 saturated heterocycles. The van der Waals surface area contributed by atoms with Gasteiger partial charge in [-0.1, -0.05) is 36.4 Å². The zero-order valence-electron chi connectivity index (χ0n) is 13.1. The number of hydrogen-bond acceptors (Lipinski definition) is 4. The van der Waals surface area contributed by atoms with Crippen LogP contribution in [-0.2, 0) is 0 Å². The quantitative estimate of drug-likeness (QED) is 0.647. The lowest BCUT2D eigenvalue weighted by Crippen LogP contribution is -2.52. The molecule has 0 aliphatic carbocycles. The number of Topliss-reactive ketones (excluding diaryl/α,β-unsaturated/α-hetero) is 1. The lowest BCUT2D eigenvalue weighted by atomic mass is 9.99. The minimum Gasteiger partial charge on any atom is -0.310 e. The van der Waals surface area contributed by atoms with Crippen LogP contribution >= 0.6 is 0 Å². The lowest BCUT2D eigenvalue weighted by Gasteiger charge is -2.22. The molecule has 3 aromatic rings. The predicted molar refractivity (Wildman–Crippen MR) is 93.0 cm³/mol. The fraction of sp³-hybridized carbons (Fsp3) is 0.263. The summed E-state index contributed by atoms with van der Waals surface area (Å²) in [6, 6.07) is 16.8. The minimum atomic E-state index is -0.171. The summed E-state index contributed by atoms with van der Waals surface area (Å²) < 4.78 is 0. The maximum atomic E-state index is 13.0. The van der Waals surface area contributed by atoms with E-state index < -0.39 is 0 Å². The van der Waals surface area contributed by atoms with Crippen molar-refractivity contribution in [2.45, 2.75) is 24.5 Å². The van der Waals surface area contributed by atoms with Crippen LogP contribution in [0.15, 0.2) is 48.5 Å². The van der Waals surface area contributed by atoms with Gasteiger partial charge < -0.3 is 10.6 Å². The molecule has 5 nitrogen and oxygen atoms in total. The van der Waals surface area contributed by atoms with Crippen LogP contribution in [0.5, 0.6) is 0 Å². The fourth-order valence-corrected chi connectivity index (χ4v) is 3.94. The van der Waals surface area contributed by atoms with Crippen LogP contribution in [-0.4, -0.2) is 40.7 Å². The Kier molecular flexibility index (Phi) is 3.04. The van der Waals surface area contributed by atoms with Gasteiger partial charge in [-0.05, 0) is 29.7 Å². The van der Waals surface area contributed by atoms with Crippen molar-refractivity contribution in [3.63, 3.8) is 0 Å². The zero-order valence-corrected chi connectivity index (χ0v) is 13.1. The molecule has 1 unspecified atom stereocenters. The third-order valence-corrected chi connectivity index (χ3v) is 5.17. The molecule has 0 amide bonds. The number of rotatable bonds is 3. The number of hydrogen-bond donors (Lipinski definition) is 3. The third-order valence-electron chi connectivity index (χ3n) is 5.17. The van der Waals surface area contributed by atoms with E-state index >= 15 is 0 Å². The van der Waals surface area contributed by atoms with Gasteiger partial charge in [-0.2, -0.15) is 5.10 Å². The Bertz CT molecular complexity index is 918. The molecule has 0 radical (unpaired) electrons. The molecule has 120 valence electrons. The summed E-state index contributed by atoms with van der Waals surface area (Å²) in [5, 5.41) is 15.0. The van der Waals surface area contributed by atoms with Crippen LogP contribution in [0.3, 0.4) is 0 Å². The molecule has 3 heterocycles. The number of benzene rings is 2. The van der Waals surface area contributed by atoms with Gasteiger partial charge in [0.05, 0.1) is 11.6 Å². The van der Waals surface area contributed by atoms with E-state index in [2.05, 4.69) is 45.1 Å². The van der Waals surface area contributed by atoms with E-state index in [9.17, 15) is 4.79 Å². The molecule has 3 N–H and O–H groups in total. The maximum Gasteiger partial charge on any atom is 0.202 e. The van der Waals surface area contributed by atoms with Gasteiger partial charge in [-0.15, -0.1) is 0 Å². The van der Waals surface area contributed by atoms with Crippen molar-refractivity contribution >= 4 is 16.7 Å². The Morgan fingerprint density at radius 2 is 1.96 bits per heavy atom. The molecule has 2 bridgehead atoms. The molecular weight excluding hydrogens is 300 g/mol. The van der Waals surface area contributed by atoms with E-state index in [1.165, 1.54) is 0 Å². The van der Waals surface area contributed by atoms with E-state index in [0.717, 1.165) is 35.0 Å². The summed E-state index contributed by atoms with van der Waals surface area (Å²) >= 11 is 0. The Balaban J connectivity index is 1.55. The first-order chi connectivity index (χ1) is 11.8. The number of piperazine rings is 1. The average molecular weight is 318 g/mol. The molecule has 5 rings (SSSR count). The fourth-order valence-electron chi connectivity index (χ4n) is 3.94. The SMILES string of the molecule is O=C(c1n[nH]c2ccc(-c3ccccc3)cc12)C1N[C@@H]2CN[C@@H]1C2. The average Bonchev–Trinajstić information content (AvgIpc) is 3.36. The van der Waals surface area contributed by atoms with Crippen molar-refractivity contribution < 1.29 is 4.79 Å². The second-order valence-corrected chi connectivity index (χ2v) is 6.65. The first-order valence-electron chi connectivity index (χ1n) is 8.37. The molecule has 2 aliphatic rings. The number of carbonyl (C=O) groups excluding carboxylic acids is 1. The molecule has 0 saturated carbocycles. The zero-order chi connectivity index (χ0) is 16.1. The third kappa shape index (κ3) is 2.09. The predicted octanol–water partition coefficient (Wildman–Crippen LogP) is 2.11. The highest BCUT2D eigenvalue weighted by Gasteiger charge is 2.43. The Morgan fingerprint density at radius 3 is 2.71 bits per heavy atom. The number of ketones is 1.